The molecule has 0 bridgehead atoms. The Bertz CT molecular complexity index is 754. The summed E-state index contributed by atoms with van der Waals surface area (Å²) in [5, 5.41) is 8.11. The zero-order valence-corrected chi connectivity index (χ0v) is 12.2. The highest BCUT2D eigenvalue weighted by Crippen LogP contribution is 2.34. The van der Waals surface area contributed by atoms with E-state index in [0.717, 1.165) is 11.1 Å². The van der Waals surface area contributed by atoms with Gasteiger partial charge in [0.05, 0.1) is 12.8 Å². The molecule has 0 saturated carbocycles. The maximum atomic E-state index is 13.9. The van der Waals surface area contributed by atoms with E-state index >= 15 is 0 Å². The molecular formula is C17H16FN3O. The molecule has 22 heavy (non-hydrogen) atoms. The third-order valence-electron chi connectivity index (χ3n) is 3.59. The standard InChI is InChI=1S/C17H16FN3O/c1-22-16-12(8-5-9-14(16)18)15-10-13(17(19)21-20-15)11-6-3-2-4-7-11/h2-4,6-8,10H,5,9H2,1H3,(H2,19,21). The van der Waals surface area contributed by atoms with Crippen LogP contribution in [-0.4, -0.2) is 17.3 Å². The number of aromatic nitrogens is 2. The molecule has 2 N–H and O–H groups in total. The summed E-state index contributed by atoms with van der Waals surface area (Å²) in [5.41, 5.74) is 8.82. The van der Waals surface area contributed by atoms with E-state index in [-0.39, 0.29) is 11.6 Å². The average Bonchev–Trinajstić information content (AvgIpc) is 2.56. The van der Waals surface area contributed by atoms with Crippen LogP contribution in [0, 0.1) is 0 Å². The number of hydrogen-bond donors (Lipinski definition) is 1. The molecule has 0 unspecified atom stereocenters. The van der Waals surface area contributed by atoms with Gasteiger partial charge in [0.2, 0.25) is 0 Å². The summed E-state index contributed by atoms with van der Waals surface area (Å²) < 4.78 is 19.1. The van der Waals surface area contributed by atoms with Crippen molar-refractivity contribution in [2.75, 3.05) is 12.8 Å². The van der Waals surface area contributed by atoms with E-state index in [1.807, 2.05) is 42.5 Å². The van der Waals surface area contributed by atoms with Crippen LogP contribution in [0.3, 0.4) is 0 Å². The van der Waals surface area contributed by atoms with Crippen molar-refractivity contribution in [3.63, 3.8) is 0 Å². The van der Waals surface area contributed by atoms with Crippen LogP contribution in [0.4, 0.5) is 10.2 Å². The molecule has 0 atom stereocenters. The van der Waals surface area contributed by atoms with Crippen LogP contribution in [0.15, 0.2) is 54.1 Å². The number of halogens is 1. The van der Waals surface area contributed by atoms with Gasteiger partial charge in [-0.15, -0.1) is 10.2 Å². The van der Waals surface area contributed by atoms with Crippen LogP contribution in [0.5, 0.6) is 0 Å². The summed E-state index contributed by atoms with van der Waals surface area (Å²) in [6.45, 7) is 0. The Balaban J connectivity index is 2.09. The lowest BCUT2D eigenvalue weighted by atomic mass is 9.98. The van der Waals surface area contributed by atoms with E-state index in [4.69, 9.17) is 10.5 Å². The summed E-state index contributed by atoms with van der Waals surface area (Å²) in [6, 6.07) is 11.5. The second-order valence-electron chi connectivity index (χ2n) is 4.99. The van der Waals surface area contributed by atoms with Gasteiger partial charge in [-0.25, -0.2) is 4.39 Å². The molecule has 1 aromatic carbocycles. The van der Waals surface area contributed by atoms with Gasteiger partial charge in [0.25, 0.3) is 0 Å². The fraction of sp³-hybridized carbons (Fsp3) is 0.176. The first-order chi connectivity index (χ1) is 10.7. The Labute approximate surface area is 128 Å². The third kappa shape index (κ3) is 2.57. The maximum absolute atomic E-state index is 13.9. The number of ether oxygens (including phenoxy) is 1. The molecule has 1 aliphatic rings. The molecule has 2 aromatic rings. The number of hydrogen-bond acceptors (Lipinski definition) is 4. The van der Waals surface area contributed by atoms with Gasteiger partial charge in [-0.05, 0) is 18.1 Å². The lowest BCUT2D eigenvalue weighted by Crippen LogP contribution is -2.05. The summed E-state index contributed by atoms with van der Waals surface area (Å²) >= 11 is 0. The van der Waals surface area contributed by atoms with Crippen LogP contribution >= 0.6 is 0 Å². The first-order valence-electron chi connectivity index (χ1n) is 7.03. The smallest absolute Gasteiger partial charge is 0.159 e. The van der Waals surface area contributed by atoms with Gasteiger partial charge in [0, 0.05) is 17.6 Å². The van der Waals surface area contributed by atoms with E-state index in [2.05, 4.69) is 10.2 Å². The molecule has 5 heteroatoms. The lowest BCUT2D eigenvalue weighted by Gasteiger charge is -2.16. The summed E-state index contributed by atoms with van der Waals surface area (Å²) in [4.78, 5) is 0. The molecule has 0 spiro atoms. The number of allylic oxidation sites excluding steroid dienone is 3. The number of methoxy groups -OCH3 is 1. The number of nitrogens with zero attached hydrogens (tertiary/aromatic N) is 2. The summed E-state index contributed by atoms with van der Waals surface area (Å²) in [5.74, 6) is 0.305. The van der Waals surface area contributed by atoms with Gasteiger partial charge >= 0.3 is 0 Å². The van der Waals surface area contributed by atoms with Crippen molar-refractivity contribution < 1.29 is 9.13 Å². The van der Waals surface area contributed by atoms with E-state index in [0.29, 0.717) is 29.9 Å². The Morgan fingerprint density at radius 2 is 1.95 bits per heavy atom. The predicted molar refractivity (Wildman–Crippen MR) is 84.2 cm³/mol. The van der Waals surface area contributed by atoms with Gasteiger partial charge in [-0.1, -0.05) is 36.4 Å². The van der Waals surface area contributed by atoms with E-state index in [9.17, 15) is 4.39 Å². The Morgan fingerprint density at radius 3 is 2.68 bits per heavy atom. The van der Waals surface area contributed by atoms with Gasteiger partial charge in [0.1, 0.15) is 5.83 Å². The molecule has 0 fully saturated rings. The van der Waals surface area contributed by atoms with E-state index in [1.54, 1.807) is 0 Å². The van der Waals surface area contributed by atoms with Crippen LogP contribution in [-0.2, 0) is 4.74 Å². The minimum atomic E-state index is -0.264. The molecular weight excluding hydrogens is 281 g/mol. The van der Waals surface area contributed by atoms with Gasteiger partial charge < -0.3 is 10.5 Å². The number of rotatable bonds is 3. The van der Waals surface area contributed by atoms with Crippen molar-refractivity contribution in [2.45, 2.75) is 12.8 Å². The molecule has 0 aliphatic heterocycles. The molecule has 1 aliphatic carbocycles. The van der Waals surface area contributed by atoms with E-state index in [1.165, 1.54) is 7.11 Å². The highest BCUT2D eigenvalue weighted by Gasteiger charge is 2.21. The number of nitrogens with two attached hydrogens (primary N) is 1. The zero-order valence-electron chi connectivity index (χ0n) is 12.2. The first kappa shape index (κ1) is 14.3. The normalized spacial score (nSPS) is 14.7. The molecule has 0 radical (unpaired) electrons. The van der Waals surface area contributed by atoms with Gasteiger partial charge in [-0.2, -0.15) is 0 Å². The van der Waals surface area contributed by atoms with Crippen LogP contribution in [0.2, 0.25) is 0 Å². The third-order valence-corrected chi connectivity index (χ3v) is 3.59. The second-order valence-corrected chi connectivity index (χ2v) is 4.99. The highest BCUT2D eigenvalue weighted by atomic mass is 19.1. The number of nitrogen functional groups attached to an aromatic ring is 1. The SMILES string of the molecule is COC1=C(F)CCC=C1c1cc(-c2ccccc2)c(N)nn1. The zero-order chi connectivity index (χ0) is 15.5. The minimum Gasteiger partial charge on any atom is -0.493 e. The van der Waals surface area contributed by atoms with Crippen LogP contribution in [0.25, 0.3) is 16.7 Å². The Kier molecular flexibility index (Phi) is 3.87. The average molecular weight is 297 g/mol. The van der Waals surface area contributed by atoms with Gasteiger partial charge in [-0.3, -0.25) is 0 Å². The largest absolute Gasteiger partial charge is 0.493 e. The minimum absolute atomic E-state index is 0.226. The highest BCUT2D eigenvalue weighted by molar-refractivity contribution is 5.81. The van der Waals surface area contributed by atoms with Crippen molar-refractivity contribution in [2.24, 2.45) is 0 Å². The lowest BCUT2D eigenvalue weighted by molar-refractivity contribution is 0.289. The molecule has 1 heterocycles. The number of anilines is 1. The summed E-state index contributed by atoms with van der Waals surface area (Å²) in [6.07, 6.45) is 2.87. The molecule has 1 aromatic heterocycles. The quantitative estimate of drug-likeness (QED) is 0.937. The van der Waals surface area contributed by atoms with Gasteiger partial charge in [0.15, 0.2) is 11.6 Å². The van der Waals surface area contributed by atoms with Crippen molar-refractivity contribution in [1.29, 1.82) is 0 Å². The van der Waals surface area contributed by atoms with Crippen molar-refractivity contribution in [3.8, 4) is 11.1 Å². The molecule has 112 valence electrons. The second kappa shape index (κ2) is 5.97. The van der Waals surface area contributed by atoms with Crippen molar-refractivity contribution in [3.05, 3.63) is 59.8 Å². The van der Waals surface area contributed by atoms with Crippen molar-refractivity contribution in [1.82, 2.24) is 10.2 Å². The maximum Gasteiger partial charge on any atom is 0.159 e. The fourth-order valence-corrected chi connectivity index (χ4v) is 2.52. The van der Waals surface area contributed by atoms with Crippen LogP contribution in [0.1, 0.15) is 18.5 Å². The predicted octanol–water partition coefficient (Wildman–Crippen LogP) is 3.73. The van der Waals surface area contributed by atoms with Crippen LogP contribution < -0.4 is 5.73 Å². The van der Waals surface area contributed by atoms with E-state index < -0.39 is 0 Å². The Hall–Kier alpha value is -2.69. The monoisotopic (exact) mass is 297 g/mol. The molecule has 0 saturated heterocycles. The molecule has 0 amide bonds. The number of benzene rings is 1. The van der Waals surface area contributed by atoms with Crippen molar-refractivity contribution >= 4 is 11.4 Å². The fourth-order valence-electron chi connectivity index (χ4n) is 2.52. The Morgan fingerprint density at radius 1 is 1.18 bits per heavy atom. The molecule has 4 nitrogen and oxygen atoms in total. The topological polar surface area (TPSA) is 61.0 Å². The summed E-state index contributed by atoms with van der Waals surface area (Å²) in [7, 11) is 1.46. The first-order valence-corrected chi connectivity index (χ1v) is 7.03. The molecule has 3 rings (SSSR count).